The summed E-state index contributed by atoms with van der Waals surface area (Å²) in [4.78, 5) is 25.0. The number of aryl methyl sites for hydroxylation is 1. The zero-order valence-corrected chi connectivity index (χ0v) is 15.8. The van der Waals surface area contributed by atoms with E-state index in [0.29, 0.717) is 32.0 Å². The maximum Gasteiger partial charge on any atom is 0.322 e. The summed E-state index contributed by atoms with van der Waals surface area (Å²) in [5.74, 6) is 0.946. The predicted molar refractivity (Wildman–Crippen MR) is 105 cm³/mol. The van der Waals surface area contributed by atoms with E-state index in [-0.39, 0.29) is 5.69 Å². The summed E-state index contributed by atoms with van der Waals surface area (Å²) in [5, 5.41) is 2.44. The molecule has 1 aliphatic heterocycles. The Balaban J connectivity index is 1.42. The highest BCUT2D eigenvalue weighted by Crippen LogP contribution is 2.19. The van der Waals surface area contributed by atoms with Crippen LogP contribution in [0.5, 0.6) is 0 Å². The maximum absolute atomic E-state index is 13.7. The molecule has 0 aliphatic carbocycles. The van der Waals surface area contributed by atoms with Crippen LogP contribution in [0.2, 0.25) is 0 Å². The first-order valence-electron chi connectivity index (χ1n) is 9.24. The zero-order chi connectivity index (χ0) is 20.4. The lowest BCUT2D eigenvalue weighted by atomic mass is 10.3. The van der Waals surface area contributed by atoms with Gasteiger partial charge < -0.3 is 19.7 Å². The van der Waals surface area contributed by atoms with Gasteiger partial charge in [-0.15, -0.1) is 0 Å². The van der Waals surface area contributed by atoms with Gasteiger partial charge in [0, 0.05) is 50.7 Å². The third-order valence-electron chi connectivity index (χ3n) is 4.74. The first kappa shape index (κ1) is 18.9. The van der Waals surface area contributed by atoms with Gasteiger partial charge >= 0.3 is 6.03 Å². The van der Waals surface area contributed by atoms with Gasteiger partial charge in [-0.25, -0.2) is 23.5 Å². The van der Waals surface area contributed by atoms with Gasteiger partial charge in [-0.1, -0.05) is 0 Å². The van der Waals surface area contributed by atoms with Crippen molar-refractivity contribution in [3.63, 3.8) is 0 Å². The van der Waals surface area contributed by atoms with Crippen LogP contribution in [-0.4, -0.2) is 51.6 Å². The van der Waals surface area contributed by atoms with E-state index >= 15 is 0 Å². The van der Waals surface area contributed by atoms with Crippen molar-refractivity contribution in [3.8, 4) is 5.82 Å². The molecule has 3 aromatic rings. The van der Waals surface area contributed by atoms with E-state index in [4.69, 9.17) is 0 Å². The number of amides is 2. The molecule has 3 heterocycles. The van der Waals surface area contributed by atoms with Crippen LogP contribution in [-0.2, 0) is 0 Å². The van der Waals surface area contributed by atoms with E-state index in [2.05, 4.69) is 20.2 Å². The van der Waals surface area contributed by atoms with E-state index < -0.39 is 17.7 Å². The second-order valence-electron chi connectivity index (χ2n) is 6.75. The summed E-state index contributed by atoms with van der Waals surface area (Å²) < 4.78 is 29.0. The van der Waals surface area contributed by atoms with Crippen LogP contribution >= 0.6 is 0 Å². The number of benzene rings is 1. The molecular formula is C20H20F2N6O. The quantitative estimate of drug-likeness (QED) is 0.736. The minimum Gasteiger partial charge on any atom is -0.353 e. The molecule has 1 aromatic carbocycles. The molecule has 2 aromatic heterocycles. The summed E-state index contributed by atoms with van der Waals surface area (Å²) in [7, 11) is 0. The van der Waals surface area contributed by atoms with Crippen molar-refractivity contribution in [2.24, 2.45) is 0 Å². The van der Waals surface area contributed by atoms with Crippen molar-refractivity contribution in [2.45, 2.75) is 6.92 Å². The molecule has 4 rings (SSSR count). The maximum atomic E-state index is 13.7. The van der Waals surface area contributed by atoms with E-state index in [1.165, 1.54) is 0 Å². The van der Waals surface area contributed by atoms with Crippen LogP contribution in [0, 0.1) is 18.6 Å². The Bertz CT molecular complexity index is 1020. The molecule has 1 aliphatic rings. The van der Waals surface area contributed by atoms with Gasteiger partial charge in [-0.05, 0) is 31.2 Å². The first-order chi connectivity index (χ1) is 14.0. The molecule has 9 heteroatoms. The molecule has 0 radical (unpaired) electrons. The lowest BCUT2D eigenvalue weighted by Gasteiger charge is -2.35. The van der Waals surface area contributed by atoms with Gasteiger partial charge in [0.05, 0.1) is 5.69 Å². The van der Waals surface area contributed by atoms with E-state index in [9.17, 15) is 13.6 Å². The number of carbonyl (C=O) groups excluding carboxylic acids is 1. The Morgan fingerprint density at radius 3 is 2.41 bits per heavy atom. The highest BCUT2D eigenvalue weighted by Gasteiger charge is 2.23. The van der Waals surface area contributed by atoms with Crippen molar-refractivity contribution in [3.05, 3.63) is 66.3 Å². The molecule has 2 amide bonds. The average molecular weight is 398 g/mol. The molecule has 1 fully saturated rings. The molecule has 1 N–H and O–H groups in total. The number of urea groups is 1. The standard InChI is InChI=1S/C20H20F2N6O/c1-14-23-18(26-6-2-3-7-26)13-19(24-14)27-8-10-28(11-9-27)20(29)25-17-12-15(21)4-5-16(17)22/h2-7,12-13H,8-11H2,1H3,(H,25,29). The molecular weight excluding hydrogens is 378 g/mol. The van der Waals surface area contributed by atoms with Crippen LogP contribution in [0.1, 0.15) is 5.82 Å². The minimum absolute atomic E-state index is 0.166. The second-order valence-corrected chi connectivity index (χ2v) is 6.75. The third-order valence-corrected chi connectivity index (χ3v) is 4.74. The molecule has 0 atom stereocenters. The van der Waals surface area contributed by atoms with Crippen LogP contribution in [0.3, 0.4) is 0 Å². The average Bonchev–Trinajstić information content (AvgIpc) is 3.25. The fourth-order valence-electron chi connectivity index (χ4n) is 3.24. The first-order valence-corrected chi connectivity index (χ1v) is 9.24. The van der Waals surface area contributed by atoms with E-state index in [1.807, 2.05) is 42.1 Å². The third kappa shape index (κ3) is 4.18. The lowest BCUT2D eigenvalue weighted by Crippen LogP contribution is -2.50. The summed E-state index contributed by atoms with van der Waals surface area (Å²) in [5.41, 5.74) is -0.166. The van der Waals surface area contributed by atoms with Crippen molar-refractivity contribution in [2.75, 3.05) is 36.4 Å². The number of piperazine rings is 1. The Kier molecular flexibility index (Phi) is 5.11. The Hall–Kier alpha value is -3.49. The molecule has 1 saturated heterocycles. The van der Waals surface area contributed by atoms with Gasteiger partial charge in [-0.2, -0.15) is 0 Å². The van der Waals surface area contributed by atoms with Gasteiger partial charge in [0.25, 0.3) is 0 Å². The monoisotopic (exact) mass is 398 g/mol. The van der Waals surface area contributed by atoms with Crippen LogP contribution < -0.4 is 10.2 Å². The lowest BCUT2D eigenvalue weighted by molar-refractivity contribution is 0.208. The number of halogens is 2. The number of aromatic nitrogens is 3. The summed E-state index contributed by atoms with van der Waals surface area (Å²) >= 11 is 0. The summed E-state index contributed by atoms with van der Waals surface area (Å²) in [6, 6.07) is 8.27. The molecule has 0 bridgehead atoms. The van der Waals surface area contributed by atoms with Crippen molar-refractivity contribution in [1.29, 1.82) is 0 Å². The number of nitrogens with one attached hydrogen (secondary N) is 1. The number of hydrogen-bond donors (Lipinski definition) is 1. The normalized spacial score (nSPS) is 14.2. The SMILES string of the molecule is Cc1nc(N2CCN(C(=O)Nc3cc(F)ccc3F)CC2)cc(-n2cccc2)n1. The highest BCUT2D eigenvalue weighted by molar-refractivity contribution is 5.89. The Morgan fingerprint density at radius 1 is 1.00 bits per heavy atom. The van der Waals surface area contributed by atoms with Gasteiger partial charge in [0.15, 0.2) is 0 Å². The van der Waals surface area contributed by atoms with Crippen LogP contribution in [0.4, 0.5) is 25.1 Å². The molecule has 7 nitrogen and oxygen atoms in total. The Labute approximate surface area is 166 Å². The summed E-state index contributed by atoms with van der Waals surface area (Å²) in [6.07, 6.45) is 3.83. The number of hydrogen-bond acceptors (Lipinski definition) is 4. The highest BCUT2D eigenvalue weighted by atomic mass is 19.1. The van der Waals surface area contributed by atoms with Gasteiger partial charge in [0.2, 0.25) is 0 Å². The molecule has 0 unspecified atom stereocenters. The fraction of sp³-hybridized carbons (Fsp3) is 0.250. The van der Waals surface area contributed by atoms with Crippen LogP contribution in [0.15, 0.2) is 48.8 Å². The predicted octanol–water partition coefficient (Wildman–Crippen LogP) is 3.21. The molecule has 29 heavy (non-hydrogen) atoms. The largest absolute Gasteiger partial charge is 0.353 e. The Morgan fingerprint density at radius 2 is 1.69 bits per heavy atom. The second kappa shape index (κ2) is 7.86. The number of anilines is 2. The number of rotatable bonds is 3. The van der Waals surface area contributed by atoms with Crippen molar-refractivity contribution in [1.82, 2.24) is 19.4 Å². The topological polar surface area (TPSA) is 66.3 Å². The van der Waals surface area contributed by atoms with Gasteiger partial charge in [0.1, 0.15) is 29.1 Å². The number of nitrogens with zero attached hydrogens (tertiary/aromatic N) is 5. The zero-order valence-electron chi connectivity index (χ0n) is 15.8. The van der Waals surface area contributed by atoms with Crippen molar-refractivity contribution < 1.29 is 13.6 Å². The van der Waals surface area contributed by atoms with E-state index in [0.717, 1.165) is 29.8 Å². The van der Waals surface area contributed by atoms with Crippen LogP contribution in [0.25, 0.3) is 5.82 Å². The van der Waals surface area contributed by atoms with Gasteiger partial charge in [-0.3, -0.25) is 0 Å². The summed E-state index contributed by atoms with van der Waals surface area (Å²) in [6.45, 7) is 3.85. The molecule has 150 valence electrons. The molecule has 0 spiro atoms. The smallest absolute Gasteiger partial charge is 0.322 e. The fourth-order valence-corrected chi connectivity index (χ4v) is 3.24. The minimum atomic E-state index is -0.674. The number of carbonyl (C=O) groups is 1. The van der Waals surface area contributed by atoms with E-state index in [1.54, 1.807) is 4.90 Å². The van der Waals surface area contributed by atoms with Crippen molar-refractivity contribution >= 4 is 17.5 Å². The molecule has 0 saturated carbocycles.